The molecule has 0 saturated carbocycles. The number of amides is 2. The maximum Gasteiger partial charge on any atom is 0.273 e. The third kappa shape index (κ3) is 3.43. The second-order valence-corrected chi connectivity index (χ2v) is 5.00. The molecule has 0 spiro atoms. The fraction of sp³-hybridized carbons (Fsp3) is 0.143. The molecule has 1 aromatic heterocycles. The number of benzene rings is 1. The van der Waals surface area contributed by atoms with Gasteiger partial charge in [0.05, 0.1) is 24.5 Å². The van der Waals surface area contributed by atoms with Crippen molar-refractivity contribution in [2.24, 2.45) is 0 Å². The van der Waals surface area contributed by atoms with E-state index in [1.54, 1.807) is 25.1 Å². The largest absolute Gasteiger partial charge is 0.497 e. The fourth-order valence-electron chi connectivity index (χ4n) is 1.67. The van der Waals surface area contributed by atoms with Crippen LogP contribution in [0.25, 0.3) is 0 Å². The van der Waals surface area contributed by atoms with Crippen molar-refractivity contribution in [3.05, 3.63) is 51.9 Å². The first kappa shape index (κ1) is 15.1. The van der Waals surface area contributed by atoms with Gasteiger partial charge in [0.2, 0.25) is 0 Å². The topological polar surface area (TPSA) is 80.6 Å². The SMILES string of the molecule is COc1ccc(Br)c(C(=O)NNC(=O)c2ccoc2C)c1. The molecule has 0 saturated heterocycles. The molecule has 0 bridgehead atoms. The maximum atomic E-state index is 12.1. The van der Waals surface area contributed by atoms with E-state index in [0.717, 1.165) is 0 Å². The zero-order valence-electron chi connectivity index (χ0n) is 11.4. The number of hydrogen-bond acceptors (Lipinski definition) is 4. The van der Waals surface area contributed by atoms with Gasteiger partial charge in [-0.15, -0.1) is 0 Å². The first-order valence-corrected chi connectivity index (χ1v) is 6.80. The average molecular weight is 353 g/mol. The minimum absolute atomic E-state index is 0.346. The Kier molecular flexibility index (Phi) is 4.64. The van der Waals surface area contributed by atoms with Crippen molar-refractivity contribution in [2.75, 3.05) is 7.11 Å². The summed E-state index contributed by atoms with van der Waals surface area (Å²) in [6.07, 6.45) is 1.41. The molecule has 0 radical (unpaired) electrons. The van der Waals surface area contributed by atoms with Gasteiger partial charge in [-0.05, 0) is 47.1 Å². The third-order valence-corrected chi connectivity index (χ3v) is 3.50. The lowest BCUT2D eigenvalue weighted by molar-refractivity contribution is 0.0845. The Labute approximate surface area is 129 Å². The number of aryl methyl sites for hydroxylation is 1. The minimum atomic E-state index is -0.463. The van der Waals surface area contributed by atoms with Crippen LogP contribution in [0.3, 0.4) is 0 Å². The highest BCUT2D eigenvalue weighted by Gasteiger charge is 2.15. The summed E-state index contributed by atoms with van der Waals surface area (Å²) in [7, 11) is 1.51. The van der Waals surface area contributed by atoms with Crippen LogP contribution in [0.5, 0.6) is 5.75 Å². The van der Waals surface area contributed by atoms with Gasteiger partial charge in [0, 0.05) is 4.47 Å². The molecule has 0 aliphatic heterocycles. The fourth-order valence-corrected chi connectivity index (χ4v) is 2.10. The summed E-state index contributed by atoms with van der Waals surface area (Å²) in [5, 5.41) is 0. The van der Waals surface area contributed by atoms with Crippen LogP contribution in [0, 0.1) is 6.92 Å². The zero-order valence-corrected chi connectivity index (χ0v) is 13.0. The Balaban J connectivity index is 2.05. The molecule has 2 N–H and O–H groups in total. The quantitative estimate of drug-likeness (QED) is 0.831. The van der Waals surface area contributed by atoms with Gasteiger partial charge in [-0.1, -0.05) is 0 Å². The van der Waals surface area contributed by atoms with E-state index in [-0.39, 0.29) is 0 Å². The van der Waals surface area contributed by atoms with Crippen molar-refractivity contribution in [1.82, 2.24) is 10.9 Å². The lowest BCUT2D eigenvalue weighted by Gasteiger charge is -2.09. The Morgan fingerprint density at radius 3 is 2.38 bits per heavy atom. The first-order valence-electron chi connectivity index (χ1n) is 6.01. The van der Waals surface area contributed by atoms with Crippen molar-refractivity contribution in [1.29, 1.82) is 0 Å². The summed E-state index contributed by atoms with van der Waals surface area (Å²) in [6, 6.07) is 6.50. The van der Waals surface area contributed by atoms with Gasteiger partial charge < -0.3 is 9.15 Å². The molecule has 1 aromatic carbocycles. The molecular weight excluding hydrogens is 340 g/mol. The van der Waals surface area contributed by atoms with Crippen LogP contribution in [-0.2, 0) is 0 Å². The van der Waals surface area contributed by atoms with Crippen molar-refractivity contribution >= 4 is 27.7 Å². The molecule has 0 aliphatic carbocycles. The van der Waals surface area contributed by atoms with E-state index in [0.29, 0.717) is 27.1 Å². The lowest BCUT2D eigenvalue weighted by atomic mass is 10.2. The summed E-state index contributed by atoms with van der Waals surface area (Å²) < 4.78 is 10.7. The highest BCUT2D eigenvalue weighted by molar-refractivity contribution is 9.10. The van der Waals surface area contributed by atoms with Gasteiger partial charge in [-0.2, -0.15) is 0 Å². The number of halogens is 1. The summed E-state index contributed by atoms with van der Waals surface area (Å²) in [5.41, 5.74) is 5.38. The lowest BCUT2D eigenvalue weighted by Crippen LogP contribution is -2.41. The van der Waals surface area contributed by atoms with E-state index in [1.165, 1.54) is 19.4 Å². The number of furan rings is 1. The highest BCUT2D eigenvalue weighted by Crippen LogP contribution is 2.22. The van der Waals surface area contributed by atoms with Gasteiger partial charge in [0.15, 0.2) is 0 Å². The number of hydrazine groups is 1. The van der Waals surface area contributed by atoms with Gasteiger partial charge in [0.1, 0.15) is 11.5 Å². The zero-order chi connectivity index (χ0) is 15.4. The van der Waals surface area contributed by atoms with Crippen LogP contribution in [0.15, 0.2) is 39.4 Å². The molecule has 21 heavy (non-hydrogen) atoms. The molecule has 0 atom stereocenters. The monoisotopic (exact) mass is 352 g/mol. The minimum Gasteiger partial charge on any atom is -0.497 e. The number of nitrogens with one attached hydrogen (secondary N) is 2. The highest BCUT2D eigenvalue weighted by atomic mass is 79.9. The molecule has 2 rings (SSSR count). The normalized spacial score (nSPS) is 10.0. The second-order valence-electron chi connectivity index (χ2n) is 4.14. The third-order valence-electron chi connectivity index (χ3n) is 2.81. The Morgan fingerprint density at radius 1 is 1.14 bits per heavy atom. The van der Waals surface area contributed by atoms with Gasteiger partial charge >= 0.3 is 0 Å². The Hall–Kier alpha value is -2.28. The van der Waals surface area contributed by atoms with Crippen molar-refractivity contribution in [2.45, 2.75) is 6.92 Å². The molecule has 7 heteroatoms. The summed E-state index contributed by atoms with van der Waals surface area (Å²) in [4.78, 5) is 23.9. The van der Waals surface area contributed by atoms with Gasteiger partial charge in [-0.25, -0.2) is 0 Å². The standard InChI is InChI=1S/C14H13BrN2O4/c1-8-10(5-6-21-8)13(18)16-17-14(19)11-7-9(20-2)3-4-12(11)15/h3-7H,1-2H3,(H,16,18)(H,17,19). The molecule has 1 heterocycles. The van der Waals surface area contributed by atoms with E-state index in [9.17, 15) is 9.59 Å². The number of rotatable bonds is 3. The molecule has 0 fully saturated rings. The van der Waals surface area contributed by atoms with Gasteiger partial charge in [0.25, 0.3) is 11.8 Å². The van der Waals surface area contributed by atoms with E-state index < -0.39 is 11.8 Å². The van der Waals surface area contributed by atoms with E-state index in [4.69, 9.17) is 9.15 Å². The molecule has 110 valence electrons. The summed E-state index contributed by atoms with van der Waals surface area (Å²) in [5.74, 6) is 0.105. The second kappa shape index (κ2) is 6.45. The van der Waals surface area contributed by atoms with Crippen molar-refractivity contribution in [3.63, 3.8) is 0 Å². The molecule has 0 unspecified atom stereocenters. The number of carbonyl (C=O) groups excluding carboxylic acids is 2. The number of ether oxygens (including phenoxy) is 1. The number of methoxy groups -OCH3 is 1. The van der Waals surface area contributed by atoms with Crippen LogP contribution in [0.1, 0.15) is 26.5 Å². The van der Waals surface area contributed by atoms with Crippen LogP contribution < -0.4 is 15.6 Å². The van der Waals surface area contributed by atoms with Gasteiger partial charge in [-0.3, -0.25) is 20.4 Å². The van der Waals surface area contributed by atoms with Crippen molar-refractivity contribution in [3.8, 4) is 5.75 Å². The number of hydrogen-bond donors (Lipinski definition) is 2. The smallest absolute Gasteiger partial charge is 0.273 e. The Bertz CT molecular complexity index is 681. The Morgan fingerprint density at radius 2 is 1.81 bits per heavy atom. The average Bonchev–Trinajstić information content (AvgIpc) is 2.91. The maximum absolute atomic E-state index is 12.1. The van der Waals surface area contributed by atoms with Crippen LogP contribution >= 0.6 is 15.9 Å². The molecule has 2 aromatic rings. The predicted molar refractivity (Wildman–Crippen MR) is 79.1 cm³/mol. The van der Waals surface area contributed by atoms with Crippen molar-refractivity contribution < 1.29 is 18.7 Å². The molecule has 0 aliphatic rings. The van der Waals surface area contributed by atoms with E-state index in [1.807, 2.05) is 0 Å². The predicted octanol–water partition coefficient (Wildman–Crippen LogP) is 2.43. The van der Waals surface area contributed by atoms with Crippen LogP contribution in [0.2, 0.25) is 0 Å². The molecule has 2 amide bonds. The number of carbonyl (C=O) groups is 2. The van der Waals surface area contributed by atoms with Crippen LogP contribution in [-0.4, -0.2) is 18.9 Å². The van der Waals surface area contributed by atoms with E-state index >= 15 is 0 Å². The first-order chi connectivity index (χ1) is 10.0. The molecular formula is C14H13BrN2O4. The van der Waals surface area contributed by atoms with Crippen LogP contribution in [0.4, 0.5) is 0 Å². The van der Waals surface area contributed by atoms with E-state index in [2.05, 4.69) is 26.8 Å². The summed E-state index contributed by atoms with van der Waals surface area (Å²) >= 11 is 3.27. The molecule has 6 nitrogen and oxygen atoms in total. The summed E-state index contributed by atoms with van der Waals surface area (Å²) in [6.45, 7) is 1.66.